The minimum absolute atomic E-state index is 0.0304. The number of imidazole rings is 1. The number of phenols is 1. The minimum Gasteiger partial charge on any atom is -0.508 e. The summed E-state index contributed by atoms with van der Waals surface area (Å²) in [6.45, 7) is 4.80. The van der Waals surface area contributed by atoms with Crippen LogP contribution in [0.2, 0.25) is 0 Å². The van der Waals surface area contributed by atoms with Gasteiger partial charge in [0.15, 0.2) is 0 Å². The van der Waals surface area contributed by atoms with Gasteiger partial charge in [-0.15, -0.1) is 0 Å². The van der Waals surface area contributed by atoms with Crippen LogP contribution in [0.15, 0.2) is 53.5 Å². The molecule has 0 aliphatic rings. The van der Waals surface area contributed by atoms with Gasteiger partial charge in [-0.05, 0) is 67.5 Å². The average Bonchev–Trinajstić information content (AvgIpc) is 2.88. The van der Waals surface area contributed by atoms with Crippen LogP contribution in [0.1, 0.15) is 34.4 Å². The number of hydrogen-bond acceptors (Lipinski definition) is 2. The van der Waals surface area contributed by atoms with Gasteiger partial charge in [-0.2, -0.15) is 0 Å². The Bertz CT molecular complexity index is 949. The van der Waals surface area contributed by atoms with Crippen molar-refractivity contribution in [3.8, 4) is 5.75 Å². The van der Waals surface area contributed by atoms with Gasteiger partial charge in [0.1, 0.15) is 5.75 Å². The van der Waals surface area contributed by atoms with Crippen LogP contribution >= 0.6 is 0 Å². The zero-order valence-electron chi connectivity index (χ0n) is 15.7. The maximum absolute atomic E-state index is 12.5. The van der Waals surface area contributed by atoms with Crippen LogP contribution in [0.3, 0.4) is 0 Å². The number of aryl methyl sites for hydroxylation is 4. The summed E-state index contributed by atoms with van der Waals surface area (Å²) < 4.78 is 3.54. The monoisotopic (exact) mass is 350 g/mol. The highest BCUT2D eigenvalue weighted by atomic mass is 16.3. The Hall–Kier alpha value is -2.75. The van der Waals surface area contributed by atoms with E-state index in [0.29, 0.717) is 12.3 Å². The summed E-state index contributed by atoms with van der Waals surface area (Å²) in [7, 11) is 1.84. The fraction of sp³-hybridized carbons (Fsp3) is 0.318. The molecular weight excluding hydrogens is 324 g/mol. The molecule has 0 unspecified atom stereocenters. The molecule has 0 bridgehead atoms. The van der Waals surface area contributed by atoms with E-state index in [1.807, 2.05) is 25.4 Å². The first-order chi connectivity index (χ1) is 12.4. The number of hydrogen-bond donors (Lipinski definition) is 1. The number of rotatable bonds is 6. The van der Waals surface area contributed by atoms with Crippen LogP contribution in [0.25, 0.3) is 0 Å². The Morgan fingerprint density at radius 1 is 0.923 bits per heavy atom. The number of benzene rings is 2. The average molecular weight is 350 g/mol. The summed E-state index contributed by atoms with van der Waals surface area (Å²) in [4.78, 5) is 12.5. The fourth-order valence-electron chi connectivity index (χ4n) is 3.22. The van der Waals surface area contributed by atoms with Crippen molar-refractivity contribution in [1.82, 2.24) is 9.13 Å². The predicted molar refractivity (Wildman–Crippen MR) is 105 cm³/mol. The molecular formula is C22H26N2O2. The first-order valence-electron chi connectivity index (χ1n) is 9.03. The maximum Gasteiger partial charge on any atom is 0.328 e. The van der Waals surface area contributed by atoms with Crippen molar-refractivity contribution in [2.24, 2.45) is 7.05 Å². The topological polar surface area (TPSA) is 47.2 Å². The van der Waals surface area contributed by atoms with Gasteiger partial charge in [-0.25, -0.2) is 4.79 Å². The maximum atomic E-state index is 12.5. The van der Waals surface area contributed by atoms with Crippen molar-refractivity contribution in [2.45, 2.75) is 39.7 Å². The Labute approximate surface area is 154 Å². The molecule has 3 rings (SSSR count). The molecule has 0 aliphatic heterocycles. The van der Waals surface area contributed by atoms with E-state index in [1.165, 1.54) is 16.7 Å². The van der Waals surface area contributed by atoms with Gasteiger partial charge < -0.3 is 5.11 Å². The first-order valence-corrected chi connectivity index (χ1v) is 9.03. The van der Waals surface area contributed by atoms with Crippen molar-refractivity contribution >= 4 is 0 Å². The van der Waals surface area contributed by atoms with E-state index < -0.39 is 0 Å². The Morgan fingerprint density at radius 3 is 2.31 bits per heavy atom. The predicted octanol–water partition coefficient (Wildman–Crippen LogP) is 3.73. The van der Waals surface area contributed by atoms with Gasteiger partial charge in [0.05, 0.1) is 6.54 Å². The highest BCUT2D eigenvalue weighted by Crippen LogP contribution is 2.14. The number of aromatic nitrogens is 2. The fourth-order valence-corrected chi connectivity index (χ4v) is 3.22. The van der Waals surface area contributed by atoms with Crippen molar-refractivity contribution in [1.29, 1.82) is 0 Å². The number of phenolic OH excluding ortho intramolecular Hbond substituents is 1. The third-order valence-electron chi connectivity index (χ3n) is 5.03. The molecule has 0 atom stereocenters. The molecule has 1 heterocycles. The molecule has 1 N–H and O–H groups in total. The molecule has 0 saturated heterocycles. The van der Waals surface area contributed by atoms with Crippen molar-refractivity contribution in [3.63, 3.8) is 0 Å². The molecule has 136 valence electrons. The van der Waals surface area contributed by atoms with E-state index in [-0.39, 0.29) is 5.69 Å². The third kappa shape index (κ3) is 4.07. The van der Waals surface area contributed by atoms with E-state index >= 15 is 0 Å². The van der Waals surface area contributed by atoms with E-state index in [9.17, 15) is 9.90 Å². The van der Waals surface area contributed by atoms with Crippen LogP contribution in [-0.2, 0) is 26.4 Å². The largest absolute Gasteiger partial charge is 0.508 e. The molecule has 26 heavy (non-hydrogen) atoms. The lowest BCUT2D eigenvalue weighted by Crippen LogP contribution is -2.23. The normalized spacial score (nSPS) is 11.0. The molecule has 0 amide bonds. The number of aromatic hydroxyl groups is 1. The molecule has 4 nitrogen and oxygen atoms in total. The molecule has 0 aliphatic carbocycles. The summed E-state index contributed by atoms with van der Waals surface area (Å²) in [5.74, 6) is 0.291. The minimum atomic E-state index is 0.0304. The second kappa shape index (κ2) is 7.65. The quantitative estimate of drug-likeness (QED) is 0.736. The lowest BCUT2D eigenvalue weighted by atomic mass is 10.1. The summed E-state index contributed by atoms with van der Waals surface area (Å²) in [5, 5.41) is 9.34. The molecule has 0 saturated carbocycles. The molecule has 2 aromatic carbocycles. The lowest BCUT2D eigenvalue weighted by Gasteiger charge is -2.05. The molecule has 3 aromatic rings. The van der Waals surface area contributed by atoms with E-state index in [0.717, 1.165) is 30.5 Å². The van der Waals surface area contributed by atoms with Crippen LogP contribution in [0.5, 0.6) is 5.75 Å². The summed E-state index contributed by atoms with van der Waals surface area (Å²) >= 11 is 0. The Morgan fingerprint density at radius 2 is 1.62 bits per heavy atom. The Kier molecular flexibility index (Phi) is 5.31. The van der Waals surface area contributed by atoms with Crippen LogP contribution in [-0.4, -0.2) is 14.2 Å². The SMILES string of the molecule is Cc1ccc(Cn2cc(CCCc3ccc(O)cc3)n(C)c2=O)cc1C. The van der Waals surface area contributed by atoms with E-state index in [2.05, 4.69) is 32.0 Å². The van der Waals surface area contributed by atoms with Gasteiger partial charge >= 0.3 is 5.69 Å². The van der Waals surface area contributed by atoms with Crippen molar-refractivity contribution < 1.29 is 5.11 Å². The van der Waals surface area contributed by atoms with Gasteiger partial charge in [0.2, 0.25) is 0 Å². The zero-order chi connectivity index (χ0) is 18.7. The highest BCUT2D eigenvalue weighted by Gasteiger charge is 2.09. The standard InChI is InChI=1S/C22H26N2O2/c1-16-7-8-19(13-17(16)2)14-24-15-20(23(3)22(24)26)6-4-5-18-9-11-21(25)12-10-18/h7-13,15,25H,4-6,14H2,1-3H3. The molecule has 0 spiro atoms. The third-order valence-corrected chi connectivity index (χ3v) is 5.03. The van der Waals surface area contributed by atoms with Gasteiger partial charge in [0.25, 0.3) is 0 Å². The van der Waals surface area contributed by atoms with Gasteiger partial charge in [-0.3, -0.25) is 9.13 Å². The highest BCUT2D eigenvalue weighted by molar-refractivity contribution is 5.30. The van der Waals surface area contributed by atoms with Crippen LogP contribution in [0, 0.1) is 13.8 Å². The molecule has 0 fully saturated rings. The van der Waals surface area contributed by atoms with Crippen molar-refractivity contribution in [3.05, 3.63) is 87.1 Å². The molecule has 1 aromatic heterocycles. The smallest absolute Gasteiger partial charge is 0.328 e. The number of nitrogens with zero attached hydrogens (tertiary/aromatic N) is 2. The summed E-state index contributed by atoms with van der Waals surface area (Å²) in [5.41, 5.74) is 5.95. The Balaban J connectivity index is 1.67. The molecule has 4 heteroatoms. The van der Waals surface area contributed by atoms with E-state index in [1.54, 1.807) is 21.3 Å². The van der Waals surface area contributed by atoms with Gasteiger partial charge in [-0.1, -0.05) is 30.3 Å². The van der Waals surface area contributed by atoms with Crippen LogP contribution in [0.4, 0.5) is 0 Å². The van der Waals surface area contributed by atoms with Crippen LogP contribution < -0.4 is 5.69 Å². The zero-order valence-corrected chi connectivity index (χ0v) is 15.7. The van der Waals surface area contributed by atoms with Crippen molar-refractivity contribution in [2.75, 3.05) is 0 Å². The second-order valence-electron chi connectivity index (χ2n) is 7.03. The first kappa shape index (κ1) is 18.1. The van der Waals surface area contributed by atoms with Gasteiger partial charge in [0, 0.05) is 18.9 Å². The summed E-state index contributed by atoms with van der Waals surface area (Å²) in [6, 6.07) is 13.7. The summed E-state index contributed by atoms with van der Waals surface area (Å²) in [6.07, 6.45) is 4.73. The van der Waals surface area contributed by atoms with E-state index in [4.69, 9.17) is 0 Å². The lowest BCUT2D eigenvalue weighted by molar-refractivity contribution is 0.475. The molecule has 0 radical (unpaired) electrons. The second-order valence-corrected chi connectivity index (χ2v) is 7.03.